The first kappa shape index (κ1) is 26.2. The molecule has 3 aromatic rings. The number of para-hydroxylation sites is 1. The smallest absolute Gasteiger partial charge is 0.338 e. The van der Waals surface area contributed by atoms with Crippen LogP contribution in [0.3, 0.4) is 0 Å². The number of carbonyl (C=O) groups excluding carboxylic acids is 2. The summed E-state index contributed by atoms with van der Waals surface area (Å²) in [6.07, 6.45) is -4.16. The molecule has 184 valence electrons. The molecule has 35 heavy (non-hydrogen) atoms. The molecule has 4 amide bonds. The van der Waals surface area contributed by atoms with Gasteiger partial charge in [0.1, 0.15) is 0 Å². The van der Waals surface area contributed by atoms with E-state index in [1.165, 1.54) is 23.1 Å². The number of alkyl halides is 3. The summed E-state index contributed by atoms with van der Waals surface area (Å²) in [6, 6.07) is 16.6. The third-order valence-corrected chi connectivity index (χ3v) is 5.33. The monoisotopic (exact) mass is 524 g/mol. The zero-order valence-electron chi connectivity index (χ0n) is 18.2. The van der Waals surface area contributed by atoms with E-state index in [0.29, 0.717) is 22.8 Å². The van der Waals surface area contributed by atoms with E-state index >= 15 is 0 Å². The van der Waals surface area contributed by atoms with Crippen LogP contribution in [0.2, 0.25) is 10.0 Å². The Morgan fingerprint density at radius 3 is 2.31 bits per heavy atom. The number of rotatable bonds is 7. The van der Waals surface area contributed by atoms with Gasteiger partial charge in [0.15, 0.2) is 0 Å². The fourth-order valence-electron chi connectivity index (χ4n) is 3.12. The summed E-state index contributed by atoms with van der Waals surface area (Å²) in [4.78, 5) is 26.5. The lowest BCUT2D eigenvalue weighted by Crippen LogP contribution is -2.38. The van der Waals surface area contributed by atoms with Crippen LogP contribution >= 0.6 is 23.2 Å². The summed E-state index contributed by atoms with van der Waals surface area (Å²) < 4.78 is 39.0. The van der Waals surface area contributed by atoms with Crippen molar-refractivity contribution in [2.75, 3.05) is 28.6 Å². The largest absolute Gasteiger partial charge is 0.416 e. The van der Waals surface area contributed by atoms with E-state index < -0.39 is 23.8 Å². The van der Waals surface area contributed by atoms with E-state index in [2.05, 4.69) is 16.0 Å². The fraction of sp³-hybridized carbons (Fsp3) is 0.167. The molecule has 0 heterocycles. The third-order valence-electron chi connectivity index (χ3n) is 4.78. The Bertz CT molecular complexity index is 1180. The maximum Gasteiger partial charge on any atom is 0.416 e. The molecule has 0 fully saturated rings. The van der Waals surface area contributed by atoms with Gasteiger partial charge >= 0.3 is 18.2 Å². The molecule has 3 rings (SSSR count). The molecule has 0 aliphatic carbocycles. The first-order chi connectivity index (χ1) is 16.6. The second kappa shape index (κ2) is 11.8. The van der Waals surface area contributed by atoms with Crippen LogP contribution in [-0.4, -0.2) is 25.2 Å². The zero-order chi connectivity index (χ0) is 25.4. The highest BCUT2D eigenvalue weighted by Crippen LogP contribution is 2.31. The number of urea groups is 2. The molecular formula is C24H21Cl2F3N4O2. The summed E-state index contributed by atoms with van der Waals surface area (Å²) in [5.74, 6) is 0. The molecule has 0 saturated heterocycles. The van der Waals surface area contributed by atoms with E-state index in [1.807, 2.05) is 0 Å². The Hall–Kier alpha value is -3.43. The van der Waals surface area contributed by atoms with Crippen molar-refractivity contribution in [1.29, 1.82) is 0 Å². The van der Waals surface area contributed by atoms with Crippen LogP contribution in [0, 0.1) is 0 Å². The first-order valence-electron chi connectivity index (χ1n) is 10.4. The molecule has 3 N–H and O–H groups in total. The molecule has 3 aromatic carbocycles. The number of hydrogen-bond acceptors (Lipinski definition) is 2. The number of carbonyl (C=O) groups is 2. The van der Waals surface area contributed by atoms with Crippen LogP contribution in [0.4, 0.5) is 39.8 Å². The van der Waals surface area contributed by atoms with E-state index in [1.54, 1.807) is 42.5 Å². The van der Waals surface area contributed by atoms with E-state index in [4.69, 9.17) is 23.2 Å². The van der Waals surface area contributed by atoms with Gasteiger partial charge in [0.05, 0.1) is 16.3 Å². The van der Waals surface area contributed by atoms with Crippen molar-refractivity contribution >= 4 is 52.3 Å². The van der Waals surface area contributed by atoms with Crippen molar-refractivity contribution in [3.63, 3.8) is 0 Å². The Morgan fingerprint density at radius 1 is 0.886 bits per heavy atom. The molecular weight excluding hydrogens is 504 g/mol. The van der Waals surface area contributed by atoms with Gasteiger partial charge in [-0.1, -0.05) is 47.5 Å². The van der Waals surface area contributed by atoms with Gasteiger partial charge in [0.2, 0.25) is 0 Å². The van der Waals surface area contributed by atoms with Gasteiger partial charge in [0.25, 0.3) is 0 Å². The summed E-state index contributed by atoms with van der Waals surface area (Å²) in [7, 11) is 0. The number of nitrogens with one attached hydrogen (secondary N) is 3. The van der Waals surface area contributed by atoms with Gasteiger partial charge in [-0.2, -0.15) is 13.2 Å². The minimum Gasteiger partial charge on any atom is -0.338 e. The van der Waals surface area contributed by atoms with Crippen molar-refractivity contribution in [3.8, 4) is 0 Å². The van der Waals surface area contributed by atoms with Gasteiger partial charge in [-0.05, 0) is 55.0 Å². The molecule has 0 unspecified atom stereocenters. The molecule has 0 atom stereocenters. The highest BCUT2D eigenvalue weighted by atomic mass is 35.5. The average Bonchev–Trinajstić information content (AvgIpc) is 2.81. The van der Waals surface area contributed by atoms with Crippen LogP contribution < -0.4 is 20.9 Å². The molecule has 0 saturated carbocycles. The SMILES string of the molecule is O=C(NCCCN(C(=O)Nc1cccc(C(F)(F)F)c1)c1ccccc1)Nc1ccc(Cl)cc1Cl. The van der Waals surface area contributed by atoms with Gasteiger partial charge in [-0.25, -0.2) is 9.59 Å². The Labute approximate surface area is 210 Å². The molecule has 0 spiro atoms. The fourth-order valence-corrected chi connectivity index (χ4v) is 3.57. The highest BCUT2D eigenvalue weighted by Gasteiger charge is 2.30. The van der Waals surface area contributed by atoms with Crippen LogP contribution in [0.1, 0.15) is 12.0 Å². The number of anilines is 3. The van der Waals surface area contributed by atoms with Crippen LogP contribution in [0.5, 0.6) is 0 Å². The molecule has 6 nitrogen and oxygen atoms in total. The van der Waals surface area contributed by atoms with Gasteiger partial charge in [-0.3, -0.25) is 4.90 Å². The minimum absolute atomic E-state index is 0.0168. The summed E-state index contributed by atoms with van der Waals surface area (Å²) in [5, 5.41) is 8.50. The van der Waals surface area contributed by atoms with Crippen molar-refractivity contribution in [1.82, 2.24) is 5.32 Å². The van der Waals surface area contributed by atoms with Crippen LogP contribution in [-0.2, 0) is 6.18 Å². The average molecular weight is 525 g/mol. The van der Waals surface area contributed by atoms with Crippen molar-refractivity contribution in [2.24, 2.45) is 0 Å². The molecule has 0 aromatic heterocycles. The maximum absolute atomic E-state index is 13.0. The highest BCUT2D eigenvalue weighted by molar-refractivity contribution is 6.36. The van der Waals surface area contributed by atoms with Gasteiger partial charge in [-0.15, -0.1) is 0 Å². The quantitative estimate of drug-likeness (QED) is 0.284. The predicted molar refractivity (Wildman–Crippen MR) is 132 cm³/mol. The number of hydrogen-bond donors (Lipinski definition) is 3. The lowest BCUT2D eigenvalue weighted by atomic mass is 10.2. The van der Waals surface area contributed by atoms with Crippen molar-refractivity contribution in [2.45, 2.75) is 12.6 Å². The topological polar surface area (TPSA) is 73.5 Å². The minimum atomic E-state index is -4.53. The molecule has 11 heteroatoms. The van der Waals surface area contributed by atoms with E-state index in [9.17, 15) is 22.8 Å². The normalized spacial score (nSPS) is 11.0. The molecule has 0 aliphatic heterocycles. The number of nitrogens with zero attached hydrogens (tertiary/aromatic N) is 1. The second-order valence-corrected chi connectivity index (χ2v) is 8.20. The van der Waals surface area contributed by atoms with E-state index in [-0.39, 0.29) is 23.8 Å². The Balaban J connectivity index is 1.60. The van der Waals surface area contributed by atoms with Crippen molar-refractivity contribution < 1.29 is 22.8 Å². The van der Waals surface area contributed by atoms with Crippen LogP contribution in [0.15, 0.2) is 72.8 Å². The lowest BCUT2D eigenvalue weighted by molar-refractivity contribution is -0.137. The van der Waals surface area contributed by atoms with E-state index in [0.717, 1.165) is 12.1 Å². The first-order valence-corrected chi connectivity index (χ1v) is 11.2. The second-order valence-electron chi connectivity index (χ2n) is 7.35. The summed E-state index contributed by atoms with van der Waals surface area (Å²) in [5.41, 5.74) is 0.0926. The summed E-state index contributed by atoms with van der Waals surface area (Å²) >= 11 is 11.9. The van der Waals surface area contributed by atoms with Crippen molar-refractivity contribution in [3.05, 3.63) is 88.4 Å². The Morgan fingerprint density at radius 2 is 1.63 bits per heavy atom. The summed E-state index contributed by atoms with van der Waals surface area (Å²) in [6.45, 7) is 0.411. The molecule has 0 bridgehead atoms. The third kappa shape index (κ3) is 7.80. The predicted octanol–water partition coefficient (Wildman–Crippen LogP) is 7.26. The number of amides is 4. The molecule has 0 radical (unpaired) electrons. The maximum atomic E-state index is 13.0. The zero-order valence-corrected chi connectivity index (χ0v) is 19.7. The number of benzene rings is 3. The number of halogens is 5. The van der Waals surface area contributed by atoms with Gasteiger partial charge in [0, 0.05) is 29.5 Å². The lowest BCUT2D eigenvalue weighted by Gasteiger charge is -2.23. The Kier molecular flexibility index (Phi) is 8.84. The van der Waals surface area contributed by atoms with Crippen LogP contribution in [0.25, 0.3) is 0 Å². The molecule has 0 aliphatic rings. The standard InChI is InChI=1S/C24H21Cl2F3N4O2/c25-17-10-11-21(20(26)15-17)32-22(34)30-12-5-13-33(19-8-2-1-3-9-19)23(35)31-18-7-4-6-16(14-18)24(27,28)29/h1-4,6-11,14-15H,5,12-13H2,(H,31,35)(H2,30,32,34). The van der Waals surface area contributed by atoms with Gasteiger partial charge < -0.3 is 16.0 Å².